The van der Waals surface area contributed by atoms with Crippen molar-refractivity contribution in [3.8, 4) is 11.1 Å². The number of amides is 1. The summed E-state index contributed by atoms with van der Waals surface area (Å²) in [5.41, 5.74) is 3.18. The number of pyridine rings is 2. The van der Waals surface area contributed by atoms with E-state index in [1.165, 1.54) is 12.8 Å². The molecule has 172 valence electrons. The quantitative estimate of drug-likeness (QED) is 0.492. The van der Waals surface area contributed by atoms with Gasteiger partial charge < -0.3 is 15.5 Å². The van der Waals surface area contributed by atoms with Crippen LogP contribution >= 0.6 is 0 Å². The highest BCUT2D eigenvalue weighted by atomic mass is 16.1. The highest BCUT2D eigenvalue weighted by Gasteiger charge is 2.39. The van der Waals surface area contributed by atoms with Crippen molar-refractivity contribution in [2.45, 2.75) is 12.8 Å². The van der Waals surface area contributed by atoms with Crippen LogP contribution in [-0.4, -0.2) is 51.8 Å². The van der Waals surface area contributed by atoms with Crippen molar-refractivity contribution in [3.05, 3.63) is 66.7 Å². The van der Waals surface area contributed by atoms with Gasteiger partial charge in [0.15, 0.2) is 0 Å². The van der Waals surface area contributed by atoms with Crippen LogP contribution in [0.3, 0.4) is 0 Å². The van der Waals surface area contributed by atoms with E-state index in [-0.39, 0.29) is 5.91 Å². The van der Waals surface area contributed by atoms with E-state index in [2.05, 4.69) is 42.7 Å². The summed E-state index contributed by atoms with van der Waals surface area (Å²) >= 11 is 0. The molecule has 1 aromatic carbocycles. The average molecular weight is 454 g/mol. The summed E-state index contributed by atoms with van der Waals surface area (Å²) in [4.78, 5) is 24.3. The second kappa shape index (κ2) is 8.22. The van der Waals surface area contributed by atoms with E-state index in [9.17, 15) is 4.79 Å². The molecule has 0 bridgehead atoms. The van der Waals surface area contributed by atoms with Crippen molar-refractivity contribution >= 4 is 28.3 Å². The standard InChI is InChI=1S/C26H27N7O/c1-32-15-22(14-30-32)18-2-3-20-13-29-23(11-21(20)10-18)31-25(34)19-4-7-28-24(12-19)33-8-5-26(6-9-33)16-27-17-26/h2-4,7,10-15,27H,5-6,8-9,16-17H2,1H3,(H,29,31,34). The van der Waals surface area contributed by atoms with Gasteiger partial charge in [0.1, 0.15) is 11.6 Å². The molecule has 0 aliphatic carbocycles. The van der Waals surface area contributed by atoms with Gasteiger partial charge in [-0.15, -0.1) is 0 Å². The van der Waals surface area contributed by atoms with E-state index in [0.29, 0.717) is 16.8 Å². The number of benzene rings is 1. The minimum atomic E-state index is -0.185. The van der Waals surface area contributed by atoms with Crippen LogP contribution in [0.15, 0.2) is 61.2 Å². The minimum absolute atomic E-state index is 0.185. The van der Waals surface area contributed by atoms with Gasteiger partial charge in [0, 0.05) is 68.3 Å². The third kappa shape index (κ3) is 3.90. The van der Waals surface area contributed by atoms with Gasteiger partial charge in [0.05, 0.1) is 6.20 Å². The van der Waals surface area contributed by atoms with Gasteiger partial charge in [0.2, 0.25) is 0 Å². The van der Waals surface area contributed by atoms with Crippen LogP contribution in [0.25, 0.3) is 21.9 Å². The Balaban J connectivity index is 1.19. The third-order valence-corrected chi connectivity index (χ3v) is 7.16. The molecule has 2 aliphatic rings. The maximum atomic E-state index is 13.0. The monoisotopic (exact) mass is 453 g/mol. The van der Waals surface area contributed by atoms with E-state index >= 15 is 0 Å². The first kappa shape index (κ1) is 20.8. The predicted octanol–water partition coefficient (Wildman–Crippen LogP) is 3.47. The number of hydrogen-bond donors (Lipinski definition) is 2. The number of anilines is 2. The summed E-state index contributed by atoms with van der Waals surface area (Å²) in [7, 11) is 1.90. The number of fused-ring (bicyclic) bond motifs is 1. The van der Waals surface area contributed by atoms with E-state index in [4.69, 9.17) is 0 Å². The molecule has 2 saturated heterocycles. The number of aromatic nitrogens is 4. The molecule has 1 amide bonds. The Kier molecular flexibility index (Phi) is 5.03. The van der Waals surface area contributed by atoms with E-state index in [1.807, 2.05) is 37.6 Å². The molecule has 0 saturated carbocycles. The number of carbonyl (C=O) groups is 1. The molecular weight excluding hydrogens is 426 g/mol. The van der Waals surface area contributed by atoms with E-state index in [1.54, 1.807) is 23.1 Å². The lowest BCUT2D eigenvalue weighted by atomic mass is 9.73. The normalized spacial score (nSPS) is 17.0. The molecule has 8 nitrogen and oxygen atoms in total. The SMILES string of the molecule is Cn1cc(-c2ccc3cnc(NC(=O)c4ccnc(N5CCC6(CC5)CNC6)c4)cc3c2)cn1. The van der Waals surface area contributed by atoms with Gasteiger partial charge in [-0.05, 0) is 53.5 Å². The lowest BCUT2D eigenvalue weighted by Crippen LogP contribution is -2.58. The number of piperidine rings is 1. The summed E-state index contributed by atoms with van der Waals surface area (Å²) in [5.74, 6) is 1.20. The lowest BCUT2D eigenvalue weighted by molar-refractivity contribution is 0.102. The van der Waals surface area contributed by atoms with E-state index < -0.39 is 0 Å². The molecule has 34 heavy (non-hydrogen) atoms. The van der Waals surface area contributed by atoms with Gasteiger partial charge in [-0.2, -0.15) is 5.10 Å². The van der Waals surface area contributed by atoms with Crippen molar-refractivity contribution in [2.24, 2.45) is 12.5 Å². The fraction of sp³-hybridized carbons (Fsp3) is 0.308. The van der Waals surface area contributed by atoms with Crippen LogP contribution in [0.2, 0.25) is 0 Å². The fourth-order valence-corrected chi connectivity index (χ4v) is 4.92. The Morgan fingerprint density at radius 2 is 1.85 bits per heavy atom. The number of rotatable bonds is 4. The number of hydrogen-bond acceptors (Lipinski definition) is 6. The number of carbonyl (C=O) groups excluding carboxylic acids is 1. The van der Waals surface area contributed by atoms with Gasteiger partial charge >= 0.3 is 0 Å². The molecule has 5 heterocycles. The van der Waals surface area contributed by atoms with Crippen LogP contribution < -0.4 is 15.5 Å². The summed E-state index contributed by atoms with van der Waals surface area (Å²) in [6, 6.07) is 11.7. The highest BCUT2D eigenvalue weighted by Crippen LogP contribution is 2.36. The fourth-order valence-electron chi connectivity index (χ4n) is 4.92. The van der Waals surface area contributed by atoms with Crippen molar-refractivity contribution in [1.82, 2.24) is 25.1 Å². The lowest BCUT2D eigenvalue weighted by Gasteiger charge is -2.48. The Bertz CT molecular complexity index is 1360. The van der Waals surface area contributed by atoms with Crippen molar-refractivity contribution in [3.63, 3.8) is 0 Å². The Morgan fingerprint density at radius 3 is 2.59 bits per heavy atom. The van der Waals surface area contributed by atoms with Gasteiger partial charge in [-0.25, -0.2) is 9.97 Å². The Labute approximate surface area is 198 Å². The zero-order valence-electron chi connectivity index (χ0n) is 19.2. The molecule has 0 unspecified atom stereocenters. The first-order chi connectivity index (χ1) is 16.6. The predicted molar refractivity (Wildman–Crippen MR) is 133 cm³/mol. The molecule has 2 fully saturated rings. The van der Waals surface area contributed by atoms with Crippen LogP contribution in [0.5, 0.6) is 0 Å². The molecule has 2 aliphatic heterocycles. The highest BCUT2D eigenvalue weighted by molar-refractivity contribution is 6.05. The molecular formula is C26H27N7O. The molecule has 2 N–H and O–H groups in total. The van der Waals surface area contributed by atoms with Gasteiger partial charge in [-0.1, -0.05) is 12.1 Å². The van der Waals surface area contributed by atoms with Crippen molar-refractivity contribution < 1.29 is 4.79 Å². The molecule has 1 spiro atoms. The number of nitrogens with zero attached hydrogens (tertiary/aromatic N) is 5. The summed E-state index contributed by atoms with van der Waals surface area (Å²) in [6.07, 6.45) is 9.66. The molecule has 8 heteroatoms. The van der Waals surface area contributed by atoms with Crippen LogP contribution in [0.1, 0.15) is 23.2 Å². The minimum Gasteiger partial charge on any atom is -0.357 e. The Morgan fingerprint density at radius 1 is 1.00 bits per heavy atom. The first-order valence-corrected chi connectivity index (χ1v) is 11.7. The van der Waals surface area contributed by atoms with Crippen molar-refractivity contribution in [1.29, 1.82) is 0 Å². The topological polar surface area (TPSA) is 88.0 Å². The van der Waals surface area contributed by atoms with Crippen LogP contribution in [0.4, 0.5) is 11.6 Å². The smallest absolute Gasteiger partial charge is 0.257 e. The van der Waals surface area contributed by atoms with E-state index in [0.717, 1.165) is 53.9 Å². The largest absolute Gasteiger partial charge is 0.357 e. The zero-order valence-corrected chi connectivity index (χ0v) is 19.2. The second-order valence-corrected chi connectivity index (χ2v) is 9.48. The van der Waals surface area contributed by atoms with Gasteiger partial charge in [0.25, 0.3) is 5.91 Å². The molecule has 4 aromatic rings. The molecule has 6 rings (SSSR count). The molecule has 0 radical (unpaired) electrons. The molecule has 3 aromatic heterocycles. The van der Waals surface area contributed by atoms with Crippen LogP contribution in [-0.2, 0) is 7.05 Å². The zero-order chi connectivity index (χ0) is 23.1. The summed E-state index contributed by atoms with van der Waals surface area (Å²) in [5, 5.41) is 12.6. The summed E-state index contributed by atoms with van der Waals surface area (Å²) in [6.45, 7) is 4.20. The second-order valence-electron chi connectivity index (χ2n) is 9.48. The number of nitrogens with one attached hydrogen (secondary N) is 2. The van der Waals surface area contributed by atoms with Gasteiger partial charge in [-0.3, -0.25) is 9.48 Å². The number of aryl methyl sites for hydroxylation is 1. The third-order valence-electron chi connectivity index (χ3n) is 7.16. The maximum Gasteiger partial charge on any atom is 0.257 e. The first-order valence-electron chi connectivity index (χ1n) is 11.7. The Hall–Kier alpha value is -3.78. The van der Waals surface area contributed by atoms with Crippen LogP contribution in [0, 0.1) is 5.41 Å². The maximum absolute atomic E-state index is 13.0. The van der Waals surface area contributed by atoms with Crippen molar-refractivity contribution in [2.75, 3.05) is 36.4 Å². The average Bonchev–Trinajstić information content (AvgIpc) is 3.29. The molecule has 0 atom stereocenters. The summed E-state index contributed by atoms with van der Waals surface area (Å²) < 4.78 is 1.78.